The normalized spacial score (nSPS) is 20.8. The molecule has 192 valence electrons. The van der Waals surface area contributed by atoms with Gasteiger partial charge in [-0.3, -0.25) is 19.2 Å². The van der Waals surface area contributed by atoms with Crippen molar-refractivity contribution in [2.24, 2.45) is 10.1 Å². The van der Waals surface area contributed by atoms with Crippen molar-refractivity contribution in [3.63, 3.8) is 0 Å². The molecule has 0 saturated carbocycles. The summed E-state index contributed by atoms with van der Waals surface area (Å²) in [4.78, 5) is 56.3. The molecule has 2 atom stereocenters. The lowest BCUT2D eigenvalue weighted by Crippen LogP contribution is -3.04. The van der Waals surface area contributed by atoms with Crippen LogP contribution in [0, 0.1) is 0 Å². The van der Waals surface area contributed by atoms with Crippen molar-refractivity contribution in [3.8, 4) is 5.75 Å². The molecular weight excluding hydrogens is 482 g/mol. The smallest absolute Gasteiger partial charge is 0.309 e. The van der Waals surface area contributed by atoms with Crippen molar-refractivity contribution in [2.45, 2.75) is 19.5 Å². The third-order valence-corrected chi connectivity index (χ3v) is 6.10. The Hall–Kier alpha value is -4.36. The highest BCUT2D eigenvalue weighted by Crippen LogP contribution is 2.28. The Kier molecular flexibility index (Phi) is 6.79. The number of carbonyl (C=O) groups excluding carboxylic acids is 4. The average molecular weight is 509 g/mol. The summed E-state index contributed by atoms with van der Waals surface area (Å²) >= 11 is 0. The van der Waals surface area contributed by atoms with Gasteiger partial charge in [-0.1, -0.05) is 11.2 Å². The first-order valence-electron chi connectivity index (χ1n) is 11.8. The molecule has 1 aromatic rings. The predicted molar refractivity (Wildman–Crippen MR) is 130 cm³/mol. The van der Waals surface area contributed by atoms with Gasteiger partial charge >= 0.3 is 5.91 Å². The van der Waals surface area contributed by atoms with Gasteiger partial charge in [0.05, 0.1) is 25.1 Å². The van der Waals surface area contributed by atoms with E-state index in [1.807, 2.05) is 0 Å². The lowest BCUT2D eigenvalue weighted by Gasteiger charge is -2.29. The molecule has 1 aromatic carbocycles. The fraction of sp³-hybridized carbons (Fsp3) is 0.333. The molecule has 13 nitrogen and oxygen atoms in total. The average Bonchev–Trinajstić information content (AvgIpc) is 3.39. The maximum atomic E-state index is 13.1. The van der Waals surface area contributed by atoms with E-state index in [1.54, 1.807) is 36.1 Å². The number of fused-ring (bicyclic) bond motifs is 2. The van der Waals surface area contributed by atoms with E-state index >= 15 is 0 Å². The van der Waals surface area contributed by atoms with Crippen LogP contribution in [0.3, 0.4) is 0 Å². The highest BCUT2D eigenvalue weighted by atomic mass is 16.5. The first-order valence-corrected chi connectivity index (χ1v) is 11.8. The van der Waals surface area contributed by atoms with E-state index in [0.717, 1.165) is 5.56 Å². The molecule has 13 heteroatoms. The van der Waals surface area contributed by atoms with Crippen molar-refractivity contribution in [1.82, 2.24) is 15.5 Å². The number of benzene rings is 1. The van der Waals surface area contributed by atoms with Crippen LogP contribution >= 0.6 is 0 Å². The topological polar surface area (TPSA) is 155 Å². The van der Waals surface area contributed by atoms with E-state index in [9.17, 15) is 19.2 Å². The van der Waals surface area contributed by atoms with Gasteiger partial charge in [-0.05, 0) is 24.6 Å². The summed E-state index contributed by atoms with van der Waals surface area (Å²) in [7, 11) is 0. The number of amides is 4. The number of anilines is 1. The SMILES string of the molecule is C[C@H](NC(=O)C1=CC(C(=O)NCc2ccc3c(c2)NC(=O)CO3)=NC2=CC=N[NH+]21)C(=O)N1CCOCC1. The number of nitrogens with one attached hydrogen (secondary N) is 4. The summed E-state index contributed by atoms with van der Waals surface area (Å²) in [5.41, 5.74) is 1.45. The molecular formula is C24H26N7O6+. The molecule has 1 saturated heterocycles. The third-order valence-electron chi connectivity index (χ3n) is 6.10. The van der Waals surface area contributed by atoms with E-state index in [0.29, 0.717) is 48.6 Å². The zero-order chi connectivity index (χ0) is 25.9. The predicted octanol–water partition coefficient (Wildman–Crippen LogP) is -1.94. The highest BCUT2D eigenvalue weighted by Gasteiger charge is 2.36. The van der Waals surface area contributed by atoms with Crippen LogP contribution in [0.2, 0.25) is 0 Å². The van der Waals surface area contributed by atoms with Gasteiger partial charge in [0.25, 0.3) is 17.6 Å². The van der Waals surface area contributed by atoms with Crippen molar-refractivity contribution >= 4 is 41.2 Å². The Morgan fingerprint density at radius 1 is 1.22 bits per heavy atom. The summed E-state index contributed by atoms with van der Waals surface area (Å²) in [5.74, 6) is -0.531. The third kappa shape index (κ3) is 5.27. The van der Waals surface area contributed by atoms with Gasteiger partial charge in [0.2, 0.25) is 11.6 Å². The number of ether oxygens (including phenoxy) is 2. The van der Waals surface area contributed by atoms with Crippen LogP contribution in [-0.4, -0.2) is 79.4 Å². The zero-order valence-corrected chi connectivity index (χ0v) is 20.1. The van der Waals surface area contributed by atoms with Crippen LogP contribution < -0.4 is 25.7 Å². The Labute approximate surface area is 211 Å². The van der Waals surface area contributed by atoms with Crippen LogP contribution in [0.1, 0.15) is 12.5 Å². The molecule has 4 aliphatic heterocycles. The van der Waals surface area contributed by atoms with E-state index in [1.165, 1.54) is 12.3 Å². The number of hydrogen-bond donors (Lipinski definition) is 4. The number of nitrogens with zero attached hydrogens (tertiary/aromatic N) is 3. The lowest BCUT2D eigenvalue weighted by molar-refractivity contribution is -0.820. The standard InChI is InChI=1S/C24H25N7O6/c1-14(24(35)30-6-8-36-9-7-30)27-23(34)18-11-17(28-20-4-5-26-31(18)20)22(33)25-12-15-2-3-19-16(10-15)29-21(32)13-37-19/h2-5,10-11,14H,6-9,12-13H2,1H3,(H,25,33)(H,27,34)(H,29,32)/p+1/t14-/m0/s1. The summed E-state index contributed by atoms with van der Waals surface area (Å²) in [6, 6.07) is 4.45. The van der Waals surface area contributed by atoms with Crippen molar-refractivity contribution in [3.05, 3.63) is 47.4 Å². The molecule has 1 fully saturated rings. The molecule has 37 heavy (non-hydrogen) atoms. The number of hydrogen-bond acceptors (Lipinski definition) is 8. The zero-order valence-electron chi connectivity index (χ0n) is 20.1. The summed E-state index contributed by atoms with van der Waals surface area (Å²) in [5, 5.41) is 12.8. The quantitative estimate of drug-likeness (QED) is 0.351. The second-order valence-electron chi connectivity index (χ2n) is 8.72. The van der Waals surface area contributed by atoms with E-state index < -0.39 is 17.9 Å². The first kappa shape index (κ1) is 24.3. The van der Waals surface area contributed by atoms with E-state index in [2.05, 4.69) is 26.0 Å². The van der Waals surface area contributed by atoms with Crippen LogP contribution in [-0.2, 0) is 30.5 Å². The Balaban J connectivity index is 1.25. The molecule has 5 rings (SSSR count). The molecule has 0 spiro atoms. The minimum atomic E-state index is -0.769. The van der Waals surface area contributed by atoms with Gasteiger partial charge in [-0.15, -0.1) is 5.01 Å². The van der Waals surface area contributed by atoms with Crippen LogP contribution in [0.25, 0.3) is 0 Å². The van der Waals surface area contributed by atoms with Gasteiger partial charge in [0.1, 0.15) is 17.5 Å². The number of morpholine rings is 1. The fourth-order valence-corrected chi connectivity index (χ4v) is 4.19. The second kappa shape index (κ2) is 10.3. The van der Waals surface area contributed by atoms with Gasteiger partial charge in [0, 0.05) is 31.8 Å². The minimum Gasteiger partial charge on any atom is -0.482 e. The number of quaternary nitrogens is 1. The highest BCUT2D eigenvalue weighted by molar-refractivity contribution is 6.44. The summed E-state index contributed by atoms with van der Waals surface area (Å²) < 4.78 is 10.6. The first-order chi connectivity index (χ1) is 17.9. The number of allylic oxidation sites excluding steroid dienone is 1. The molecule has 1 unspecified atom stereocenters. The van der Waals surface area contributed by atoms with E-state index in [-0.39, 0.29) is 36.4 Å². The van der Waals surface area contributed by atoms with Gasteiger partial charge < -0.3 is 30.3 Å². The lowest BCUT2D eigenvalue weighted by atomic mass is 10.1. The molecule has 0 bridgehead atoms. The number of carbonyl (C=O) groups is 4. The molecule has 4 heterocycles. The van der Waals surface area contributed by atoms with Crippen molar-refractivity contribution in [1.29, 1.82) is 0 Å². The molecule has 4 aliphatic rings. The van der Waals surface area contributed by atoms with Gasteiger partial charge in [0.15, 0.2) is 6.61 Å². The van der Waals surface area contributed by atoms with Crippen LogP contribution in [0.5, 0.6) is 5.75 Å². The molecule has 0 aliphatic carbocycles. The Morgan fingerprint density at radius 3 is 2.84 bits per heavy atom. The molecule has 0 radical (unpaired) electrons. The van der Waals surface area contributed by atoms with Gasteiger partial charge in [-0.25, -0.2) is 0 Å². The minimum absolute atomic E-state index is 0.0346. The van der Waals surface area contributed by atoms with Gasteiger partial charge in [-0.2, -0.15) is 4.99 Å². The Bertz CT molecular complexity index is 1280. The second-order valence-corrected chi connectivity index (χ2v) is 8.72. The monoisotopic (exact) mass is 508 g/mol. The number of rotatable bonds is 6. The van der Waals surface area contributed by atoms with Crippen molar-refractivity contribution in [2.75, 3.05) is 38.2 Å². The molecule has 4 amide bonds. The van der Waals surface area contributed by atoms with Crippen LogP contribution in [0.4, 0.5) is 5.69 Å². The molecule has 4 N–H and O–H groups in total. The maximum Gasteiger partial charge on any atom is 0.309 e. The number of aliphatic imine (C=N–C) groups is 1. The molecule has 0 aromatic heterocycles. The largest absolute Gasteiger partial charge is 0.482 e. The summed E-state index contributed by atoms with van der Waals surface area (Å²) in [6.45, 7) is 3.60. The van der Waals surface area contributed by atoms with E-state index in [4.69, 9.17) is 9.47 Å². The maximum absolute atomic E-state index is 13.1. The Morgan fingerprint density at radius 2 is 2.03 bits per heavy atom. The fourth-order valence-electron chi connectivity index (χ4n) is 4.19. The summed E-state index contributed by atoms with van der Waals surface area (Å²) in [6.07, 6.45) is 4.48. The van der Waals surface area contributed by atoms with Crippen LogP contribution in [0.15, 0.2) is 52.0 Å². The van der Waals surface area contributed by atoms with Crippen molar-refractivity contribution < 1.29 is 33.7 Å².